The summed E-state index contributed by atoms with van der Waals surface area (Å²) in [5, 5.41) is 2.83. The molecule has 214 valence electrons. The number of fused-ring (bicyclic) bond motifs is 2. The van der Waals surface area contributed by atoms with Crippen LogP contribution in [-0.2, 0) is 33.7 Å². The summed E-state index contributed by atoms with van der Waals surface area (Å²) >= 11 is 0. The highest BCUT2D eigenvalue weighted by molar-refractivity contribution is 5.91. The van der Waals surface area contributed by atoms with Gasteiger partial charge in [0.05, 0.1) is 5.69 Å². The minimum atomic E-state index is -0.595. The number of aliphatic imine (C=N–C) groups is 1. The van der Waals surface area contributed by atoms with Crippen molar-refractivity contribution in [2.75, 3.05) is 25.5 Å². The van der Waals surface area contributed by atoms with Crippen LogP contribution in [-0.4, -0.2) is 58.5 Å². The predicted molar refractivity (Wildman–Crippen MR) is 158 cm³/mol. The van der Waals surface area contributed by atoms with E-state index in [0.717, 1.165) is 46.3 Å². The van der Waals surface area contributed by atoms with E-state index in [1.807, 2.05) is 82.1 Å². The van der Waals surface area contributed by atoms with E-state index in [0.29, 0.717) is 24.8 Å². The van der Waals surface area contributed by atoms with Gasteiger partial charge in [0.1, 0.15) is 18.2 Å². The zero-order chi connectivity index (χ0) is 29.1. The fourth-order valence-corrected chi connectivity index (χ4v) is 5.20. The van der Waals surface area contributed by atoms with Gasteiger partial charge >= 0.3 is 6.09 Å². The first-order valence-electron chi connectivity index (χ1n) is 13.9. The molecule has 5 rings (SSSR count). The van der Waals surface area contributed by atoms with E-state index in [4.69, 9.17) is 14.5 Å². The quantitative estimate of drug-likeness (QED) is 0.443. The number of carbonyl (C=O) groups excluding carboxylic acids is 2. The summed E-state index contributed by atoms with van der Waals surface area (Å²) in [6.07, 6.45) is 4.55. The Morgan fingerprint density at radius 3 is 2.63 bits per heavy atom. The number of likely N-dealkylation sites (N-methyl/N-ethyl adjacent to an activating group) is 1. The molecule has 2 amide bonds. The topological polar surface area (TPSA) is 96.4 Å². The average molecular weight is 556 g/mol. The van der Waals surface area contributed by atoms with Crippen LogP contribution >= 0.6 is 0 Å². The predicted octanol–water partition coefficient (Wildman–Crippen LogP) is 5.56. The minimum Gasteiger partial charge on any atom is -0.460 e. The van der Waals surface area contributed by atoms with E-state index in [9.17, 15) is 9.59 Å². The molecule has 0 saturated heterocycles. The van der Waals surface area contributed by atoms with Gasteiger partial charge in [-0.1, -0.05) is 24.3 Å². The molecule has 1 aromatic heterocycles. The van der Waals surface area contributed by atoms with Crippen LogP contribution in [0.15, 0.2) is 65.9 Å². The van der Waals surface area contributed by atoms with Crippen LogP contribution in [0.1, 0.15) is 54.6 Å². The van der Waals surface area contributed by atoms with Crippen LogP contribution in [0.4, 0.5) is 16.2 Å². The van der Waals surface area contributed by atoms with Crippen LogP contribution < -0.4 is 5.32 Å². The summed E-state index contributed by atoms with van der Waals surface area (Å²) in [7, 11) is 1.85. The number of carbonyl (C=O) groups is 2. The smallest absolute Gasteiger partial charge is 0.412 e. The van der Waals surface area contributed by atoms with Crippen LogP contribution in [0.2, 0.25) is 0 Å². The lowest BCUT2D eigenvalue weighted by molar-refractivity contribution is -0.135. The molecule has 0 spiro atoms. The summed E-state index contributed by atoms with van der Waals surface area (Å²) in [6.45, 7) is 8.87. The summed E-state index contributed by atoms with van der Waals surface area (Å²) in [6, 6.07) is 15.6. The molecule has 41 heavy (non-hydrogen) atoms. The van der Waals surface area contributed by atoms with Gasteiger partial charge < -0.3 is 19.3 Å². The first kappa shape index (κ1) is 28.1. The van der Waals surface area contributed by atoms with Crippen LogP contribution in [0.25, 0.3) is 0 Å². The molecule has 9 heteroatoms. The van der Waals surface area contributed by atoms with Gasteiger partial charge in [-0.25, -0.2) is 4.79 Å². The zero-order valence-corrected chi connectivity index (χ0v) is 24.3. The highest BCUT2D eigenvalue weighted by Gasteiger charge is 2.38. The molecule has 0 fully saturated rings. The number of aromatic nitrogens is 1. The second-order valence-electron chi connectivity index (χ2n) is 11.5. The maximum atomic E-state index is 14.0. The molecule has 0 radical (unpaired) electrons. The number of hydrogen-bond donors (Lipinski definition) is 1. The van der Waals surface area contributed by atoms with Crippen molar-refractivity contribution in [2.45, 2.75) is 58.8 Å². The van der Waals surface area contributed by atoms with Crippen LogP contribution in [0.5, 0.6) is 0 Å². The Balaban J connectivity index is 1.40. The molecular weight excluding hydrogens is 518 g/mol. The van der Waals surface area contributed by atoms with Gasteiger partial charge in [0.2, 0.25) is 5.91 Å². The fourth-order valence-electron chi connectivity index (χ4n) is 5.20. The van der Waals surface area contributed by atoms with Crippen molar-refractivity contribution in [1.82, 2.24) is 14.8 Å². The number of nitrogens with one attached hydrogen (secondary N) is 1. The van der Waals surface area contributed by atoms with Gasteiger partial charge in [-0.3, -0.25) is 15.1 Å². The van der Waals surface area contributed by atoms with Gasteiger partial charge in [0.15, 0.2) is 0 Å². The number of rotatable bonds is 5. The molecular formula is C32H37N5O4. The number of anilines is 1. The number of nitrogens with zero attached hydrogens (tertiary/aromatic N) is 4. The molecule has 1 unspecified atom stereocenters. The van der Waals surface area contributed by atoms with E-state index in [2.05, 4.69) is 16.4 Å². The summed E-state index contributed by atoms with van der Waals surface area (Å²) in [5.41, 5.74) is 5.84. The third-order valence-corrected chi connectivity index (χ3v) is 7.40. The Kier molecular flexibility index (Phi) is 7.97. The molecule has 2 aliphatic heterocycles. The minimum absolute atomic E-state index is 0.00334. The average Bonchev–Trinajstić information content (AvgIpc) is 2.95. The largest absolute Gasteiger partial charge is 0.460 e. The lowest BCUT2D eigenvalue weighted by Crippen LogP contribution is -2.49. The highest BCUT2D eigenvalue weighted by Crippen LogP contribution is 2.37. The van der Waals surface area contributed by atoms with Crippen molar-refractivity contribution in [3.63, 3.8) is 0 Å². The van der Waals surface area contributed by atoms with Gasteiger partial charge in [0, 0.05) is 43.8 Å². The number of benzene rings is 2. The van der Waals surface area contributed by atoms with Gasteiger partial charge in [-0.15, -0.1) is 0 Å². The lowest BCUT2D eigenvalue weighted by Gasteiger charge is -2.40. The van der Waals surface area contributed by atoms with Crippen LogP contribution in [0, 0.1) is 6.92 Å². The van der Waals surface area contributed by atoms with Crippen molar-refractivity contribution < 1.29 is 19.1 Å². The fraction of sp³-hybridized carbons (Fsp3) is 0.375. The monoisotopic (exact) mass is 555 g/mol. The van der Waals surface area contributed by atoms with Gasteiger partial charge in [-0.05, 0) is 87.1 Å². The third-order valence-electron chi connectivity index (χ3n) is 7.40. The van der Waals surface area contributed by atoms with Gasteiger partial charge in [-0.2, -0.15) is 4.99 Å². The Morgan fingerprint density at radius 2 is 1.88 bits per heavy atom. The summed E-state index contributed by atoms with van der Waals surface area (Å²) in [5.74, 6) is -0.00334. The normalized spacial score (nSPS) is 16.1. The SMILES string of the molecule is Cc1c(NC(=O)OC(C)(C)C)ccc2c1COC(N1CCc3ccccc3C1C(=O)N(C)CCc1ccncc1)=N2. The Morgan fingerprint density at radius 1 is 1.12 bits per heavy atom. The molecule has 1 N–H and O–H groups in total. The first-order valence-corrected chi connectivity index (χ1v) is 13.9. The first-order chi connectivity index (χ1) is 19.6. The highest BCUT2D eigenvalue weighted by atomic mass is 16.6. The molecule has 0 aliphatic carbocycles. The Bertz CT molecular complexity index is 1460. The van der Waals surface area contributed by atoms with Crippen molar-refractivity contribution in [2.24, 2.45) is 4.99 Å². The Labute approximate surface area is 241 Å². The molecule has 1 atom stereocenters. The number of amidine groups is 1. The molecule has 3 heterocycles. The number of pyridine rings is 1. The van der Waals surface area contributed by atoms with Crippen molar-refractivity contribution in [1.29, 1.82) is 0 Å². The third kappa shape index (κ3) is 6.34. The number of amides is 2. The number of ether oxygens (including phenoxy) is 2. The maximum Gasteiger partial charge on any atom is 0.412 e. The van der Waals surface area contributed by atoms with E-state index < -0.39 is 17.7 Å². The maximum absolute atomic E-state index is 14.0. The van der Waals surface area contributed by atoms with Crippen LogP contribution in [0.3, 0.4) is 0 Å². The van der Waals surface area contributed by atoms with E-state index in [-0.39, 0.29) is 12.5 Å². The van der Waals surface area contributed by atoms with Crippen molar-refractivity contribution in [3.8, 4) is 0 Å². The standard InChI is InChI=1S/C32H37N5O4/c1-21-25-20-40-30(34-27(25)11-10-26(21)35-31(39)41-32(2,3)4)37-19-15-23-8-6-7-9-24(23)28(37)29(38)36(5)18-14-22-12-16-33-17-13-22/h6-13,16-17,28H,14-15,18-20H2,1-5H3,(H,35,39). The van der Waals surface area contributed by atoms with E-state index in [1.165, 1.54) is 0 Å². The lowest BCUT2D eigenvalue weighted by atomic mass is 9.92. The molecule has 3 aromatic rings. The molecule has 2 aliphatic rings. The molecule has 0 saturated carbocycles. The second kappa shape index (κ2) is 11.6. The summed E-state index contributed by atoms with van der Waals surface area (Å²) < 4.78 is 11.6. The van der Waals surface area contributed by atoms with E-state index in [1.54, 1.807) is 17.3 Å². The van der Waals surface area contributed by atoms with Gasteiger partial charge in [0.25, 0.3) is 6.02 Å². The molecule has 2 aromatic carbocycles. The second-order valence-corrected chi connectivity index (χ2v) is 11.5. The van der Waals surface area contributed by atoms with E-state index >= 15 is 0 Å². The van der Waals surface area contributed by atoms with Crippen molar-refractivity contribution >= 4 is 29.4 Å². The summed E-state index contributed by atoms with van der Waals surface area (Å²) in [4.78, 5) is 39.1. The Hall–Kier alpha value is -4.40. The van der Waals surface area contributed by atoms with Crippen molar-refractivity contribution in [3.05, 3.63) is 88.7 Å². The molecule has 0 bridgehead atoms. The zero-order valence-electron chi connectivity index (χ0n) is 24.3. The molecule has 9 nitrogen and oxygen atoms in total. The number of hydrogen-bond acceptors (Lipinski definition) is 7.